The quantitative estimate of drug-likeness (QED) is 0.743. The molecule has 17 heavy (non-hydrogen) atoms. The van der Waals surface area contributed by atoms with Gasteiger partial charge in [0.05, 0.1) is 5.02 Å². The van der Waals surface area contributed by atoms with Gasteiger partial charge < -0.3 is 15.3 Å². The fourth-order valence-electron chi connectivity index (χ4n) is 1.38. The molecule has 0 radical (unpaired) electrons. The molecule has 0 bridgehead atoms. The Morgan fingerprint density at radius 3 is 2.47 bits per heavy atom. The van der Waals surface area contributed by atoms with Crippen molar-refractivity contribution in [2.24, 2.45) is 0 Å². The third-order valence-electron chi connectivity index (χ3n) is 2.25. The number of rotatable bonds is 5. The minimum absolute atomic E-state index is 0.0713. The van der Waals surface area contributed by atoms with E-state index >= 15 is 0 Å². The van der Waals surface area contributed by atoms with Crippen molar-refractivity contribution in [1.29, 1.82) is 0 Å². The molecule has 0 saturated carbocycles. The molecule has 92 valence electrons. The molecule has 5 nitrogen and oxygen atoms in total. The largest absolute Gasteiger partial charge is 0.481 e. The van der Waals surface area contributed by atoms with Crippen LogP contribution in [0, 0.1) is 0 Å². The van der Waals surface area contributed by atoms with Crippen LogP contribution in [0.15, 0.2) is 18.2 Å². The van der Waals surface area contributed by atoms with E-state index in [-0.39, 0.29) is 23.4 Å². The van der Waals surface area contributed by atoms with E-state index in [1.54, 1.807) is 6.07 Å². The van der Waals surface area contributed by atoms with E-state index in [0.29, 0.717) is 5.56 Å². The van der Waals surface area contributed by atoms with Crippen molar-refractivity contribution in [2.75, 3.05) is 0 Å². The number of halogens is 1. The fraction of sp³-hybridized carbons (Fsp3) is 0.273. The molecule has 0 aliphatic carbocycles. The second kappa shape index (κ2) is 5.65. The molecule has 0 aliphatic heterocycles. The van der Waals surface area contributed by atoms with Crippen LogP contribution in [0.2, 0.25) is 5.02 Å². The van der Waals surface area contributed by atoms with Crippen LogP contribution in [0.4, 0.5) is 0 Å². The average Bonchev–Trinajstić information content (AvgIpc) is 2.26. The Balaban J connectivity index is 2.98. The fourth-order valence-corrected chi connectivity index (χ4v) is 1.70. The van der Waals surface area contributed by atoms with E-state index in [0.717, 1.165) is 0 Å². The summed E-state index contributed by atoms with van der Waals surface area (Å²) in [5.74, 6) is -2.37. The van der Waals surface area contributed by atoms with Gasteiger partial charge in [0.1, 0.15) is 0 Å². The molecule has 1 unspecified atom stereocenters. The van der Waals surface area contributed by atoms with Gasteiger partial charge in [0, 0.05) is 12.0 Å². The Bertz CT molecular complexity index is 443. The summed E-state index contributed by atoms with van der Waals surface area (Å²) in [7, 11) is 0. The molecule has 3 N–H and O–H groups in total. The molecular weight excluding hydrogens is 248 g/mol. The molecule has 0 saturated heterocycles. The molecule has 0 amide bonds. The Hall–Kier alpha value is -1.59. The summed E-state index contributed by atoms with van der Waals surface area (Å²) in [6.07, 6.45) is -1.62. The van der Waals surface area contributed by atoms with Crippen molar-refractivity contribution >= 4 is 23.5 Å². The van der Waals surface area contributed by atoms with Crippen LogP contribution in [-0.2, 0) is 16.0 Å². The van der Waals surface area contributed by atoms with Crippen molar-refractivity contribution in [3.63, 3.8) is 0 Å². The number of aliphatic carboxylic acids is 2. The van der Waals surface area contributed by atoms with Crippen molar-refractivity contribution in [3.8, 4) is 0 Å². The topological polar surface area (TPSA) is 94.8 Å². The van der Waals surface area contributed by atoms with E-state index in [1.165, 1.54) is 12.1 Å². The number of carboxylic acid groups (broad SMARTS) is 2. The zero-order valence-electron chi connectivity index (χ0n) is 8.76. The summed E-state index contributed by atoms with van der Waals surface area (Å²) in [5.41, 5.74) is 0.578. The first kappa shape index (κ1) is 13.5. The van der Waals surface area contributed by atoms with E-state index in [9.17, 15) is 14.7 Å². The summed E-state index contributed by atoms with van der Waals surface area (Å²) in [6.45, 7) is 0. The minimum Gasteiger partial charge on any atom is -0.481 e. The first-order chi connectivity index (χ1) is 7.93. The van der Waals surface area contributed by atoms with Gasteiger partial charge in [0.2, 0.25) is 0 Å². The monoisotopic (exact) mass is 258 g/mol. The molecular formula is C11H11ClO5. The highest BCUT2D eigenvalue weighted by Gasteiger charge is 2.20. The number of carbonyl (C=O) groups is 2. The molecule has 0 fully saturated rings. The van der Waals surface area contributed by atoms with Gasteiger partial charge in [-0.05, 0) is 12.0 Å². The molecule has 0 heterocycles. The molecule has 0 aliphatic rings. The lowest BCUT2D eigenvalue weighted by molar-refractivity contribution is -0.147. The van der Waals surface area contributed by atoms with Crippen molar-refractivity contribution in [3.05, 3.63) is 34.3 Å². The number of aliphatic hydroxyl groups is 1. The second-order valence-corrected chi connectivity index (χ2v) is 3.83. The summed E-state index contributed by atoms with van der Waals surface area (Å²) in [6, 6.07) is 4.53. The standard InChI is InChI=1S/C11H11ClO5/c12-9-6(4-5-8(13)14)2-1-3-7(9)10(15)11(16)17/h1-3,10,15H,4-5H2,(H,13,14)(H,16,17). The highest BCUT2D eigenvalue weighted by atomic mass is 35.5. The lowest BCUT2D eigenvalue weighted by atomic mass is 10.0. The van der Waals surface area contributed by atoms with Crippen LogP contribution in [0.25, 0.3) is 0 Å². The maximum absolute atomic E-state index is 10.6. The van der Waals surface area contributed by atoms with Gasteiger partial charge in [-0.3, -0.25) is 4.79 Å². The second-order valence-electron chi connectivity index (χ2n) is 3.45. The Morgan fingerprint density at radius 2 is 1.94 bits per heavy atom. The number of carboxylic acids is 2. The van der Waals surface area contributed by atoms with Gasteiger partial charge in [-0.1, -0.05) is 29.8 Å². The van der Waals surface area contributed by atoms with Gasteiger partial charge in [-0.15, -0.1) is 0 Å². The number of hydrogen-bond acceptors (Lipinski definition) is 3. The first-order valence-corrected chi connectivity index (χ1v) is 5.21. The van der Waals surface area contributed by atoms with Gasteiger partial charge in [-0.2, -0.15) is 0 Å². The highest BCUT2D eigenvalue weighted by Crippen LogP contribution is 2.27. The number of aryl methyl sites for hydroxylation is 1. The molecule has 6 heteroatoms. The van der Waals surface area contributed by atoms with Gasteiger partial charge in [0.15, 0.2) is 6.10 Å². The zero-order valence-corrected chi connectivity index (χ0v) is 9.52. The SMILES string of the molecule is O=C(O)CCc1cccc(C(O)C(=O)O)c1Cl. The molecule has 0 spiro atoms. The lowest BCUT2D eigenvalue weighted by Gasteiger charge is -2.11. The van der Waals surface area contributed by atoms with E-state index < -0.39 is 18.0 Å². The van der Waals surface area contributed by atoms with E-state index in [1.807, 2.05) is 0 Å². The van der Waals surface area contributed by atoms with Crippen LogP contribution < -0.4 is 0 Å². The van der Waals surface area contributed by atoms with Crippen LogP contribution in [0.5, 0.6) is 0 Å². The Kier molecular flexibility index (Phi) is 4.48. The third kappa shape index (κ3) is 3.44. The van der Waals surface area contributed by atoms with Crippen molar-refractivity contribution < 1.29 is 24.9 Å². The van der Waals surface area contributed by atoms with Crippen LogP contribution in [-0.4, -0.2) is 27.3 Å². The Morgan fingerprint density at radius 1 is 1.29 bits per heavy atom. The number of aliphatic hydroxyl groups excluding tert-OH is 1. The first-order valence-electron chi connectivity index (χ1n) is 4.83. The minimum atomic E-state index is -1.70. The summed E-state index contributed by atoms with van der Waals surface area (Å²) in [4.78, 5) is 21.1. The number of benzene rings is 1. The van der Waals surface area contributed by atoms with Crippen LogP contribution in [0.1, 0.15) is 23.7 Å². The Labute approximate surface area is 102 Å². The average molecular weight is 259 g/mol. The highest BCUT2D eigenvalue weighted by molar-refractivity contribution is 6.32. The van der Waals surface area contributed by atoms with Crippen LogP contribution >= 0.6 is 11.6 Å². The molecule has 1 aromatic rings. The maximum Gasteiger partial charge on any atom is 0.337 e. The summed E-state index contributed by atoms with van der Waals surface area (Å²) in [5, 5.41) is 26.7. The van der Waals surface area contributed by atoms with Gasteiger partial charge in [-0.25, -0.2) is 4.79 Å². The molecule has 1 aromatic carbocycles. The maximum atomic E-state index is 10.6. The number of hydrogen-bond donors (Lipinski definition) is 3. The van der Waals surface area contributed by atoms with Gasteiger partial charge in [0.25, 0.3) is 0 Å². The zero-order chi connectivity index (χ0) is 13.0. The molecule has 1 rings (SSSR count). The van der Waals surface area contributed by atoms with E-state index in [2.05, 4.69) is 0 Å². The summed E-state index contributed by atoms with van der Waals surface area (Å²) < 4.78 is 0. The van der Waals surface area contributed by atoms with Crippen molar-refractivity contribution in [2.45, 2.75) is 18.9 Å². The molecule has 0 aromatic heterocycles. The van der Waals surface area contributed by atoms with Gasteiger partial charge >= 0.3 is 11.9 Å². The predicted octanol–water partition coefficient (Wildman–Crippen LogP) is 1.48. The van der Waals surface area contributed by atoms with Crippen molar-refractivity contribution in [1.82, 2.24) is 0 Å². The van der Waals surface area contributed by atoms with Crippen LogP contribution in [0.3, 0.4) is 0 Å². The summed E-state index contributed by atoms with van der Waals surface area (Å²) >= 11 is 5.91. The normalized spacial score (nSPS) is 12.1. The predicted molar refractivity (Wildman–Crippen MR) is 60.0 cm³/mol. The molecule has 1 atom stereocenters. The third-order valence-corrected chi connectivity index (χ3v) is 2.71. The lowest BCUT2D eigenvalue weighted by Crippen LogP contribution is -2.11. The van der Waals surface area contributed by atoms with E-state index in [4.69, 9.17) is 21.8 Å². The smallest absolute Gasteiger partial charge is 0.337 e.